The lowest BCUT2D eigenvalue weighted by Gasteiger charge is -2.04. The van der Waals surface area contributed by atoms with Crippen molar-refractivity contribution in [3.63, 3.8) is 0 Å². The SMILES string of the molecule is C/C=C(\C=C(\F)C(C)CF)NC. The zero-order valence-electron chi connectivity index (χ0n) is 7.70. The fraction of sp³-hybridized carbons (Fsp3) is 0.556. The Balaban J connectivity index is 4.33. The van der Waals surface area contributed by atoms with Crippen LogP contribution in [0.4, 0.5) is 8.78 Å². The number of rotatable bonds is 4. The minimum absolute atomic E-state index is 0.431. The van der Waals surface area contributed by atoms with Crippen LogP contribution in [-0.2, 0) is 0 Å². The zero-order chi connectivity index (χ0) is 9.56. The van der Waals surface area contributed by atoms with Gasteiger partial charge >= 0.3 is 0 Å². The van der Waals surface area contributed by atoms with Crippen LogP contribution in [0.3, 0.4) is 0 Å². The van der Waals surface area contributed by atoms with Crippen molar-refractivity contribution in [2.75, 3.05) is 13.7 Å². The molecule has 3 heteroatoms. The van der Waals surface area contributed by atoms with E-state index >= 15 is 0 Å². The summed E-state index contributed by atoms with van der Waals surface area (Å²) in [5.74, 6) is -1.08. The maximum absolute atomic E-state index is 13.0. The van der Waals surface area contributed by atoms with Crippen LogP contribution in [0.15, 0.2) is 23.7 Å². The van der Waals surface area contributed by atoms with E-state index in [1.54, 1.807) is 20.0 Å². The quantitative estimate of drug-likeness (QED) is 0.647. The van der Waals surface area contributed by atoms with Gasteiger partial charge in [0.15, 0.2) is 0 Å². The molecule has 0 saturated carbocycles. The number of likely N-dealkylation sites (N-methyl/N-ethyl adjacent to an activating group) is 1. The molecule has 0 aromatic rings. The number of nitrogens with one attached hydrogen (secondary N) is 1. The van der Waals surface area contributed by atoms with Crippen molar-refractivity contribution in [3.05, 3.63) is 23.7 Å². The summed E-state index contributed by atoms with van der Waals surface area (Å²) in [6.07, 6.45) is 3.04. The lowest BCUT2D eigenvalue weighted by molar-refractivity contribution is 0.370. The Morgan fingerprint density at radius 3 is 2.50 bits per heavy atom. The smallest absolute Gasteiger partial charge is 0.107 e. The number of hydrogen-bond acceptors (Lipinski definition) is 1. The second-order valence-corrected chi connectivity index (χ2v) is 2.58. The highest BCUT2D eigenvalue weighted by Gasteiger charge is 2.07. The minimum Gasteiger partial charge on any atom is -0.388 e. The van der Waals surface area contributed by atoms with Crippen molar-refractivity contribution in [1.82, 2.24) is 5.32 Å². The number of hydrogen-bond donors (Lipinski definition) is 1. The zero-order valence-corrected chi connectivity index (χ0v) is 7.70. The molecule has 0 amide bonds. The summed E-state index contributed by atoms with van der Waals surface area (Å²) in [5.41, 5.74) is 0.660. The third-order valence-corrected chi connectivity index (χ3v) is 1.60. The molecule has 0 aliphatic rings. The Labute approximate surface area is 72.2 Å². The van der Waals surface area contributed by atoms with Gasteiger partial charge in [0.05, 0.1) is 6.67 Å². The molecule has 0 aromatic carbocycles. The van der Waals surface area contributed by atoms with E-state index in [0.29, 0.717) is 5.70 Å². The van der Waals surface area contributed by atoms with Gasteiger partial charge in [-0.3, -0.25) is 4.39 Å². The van der Waals surface area contributed by atoms with Crippen LogP contribution in [0, 0.1) is 5.92 Å². The first-order valence-corrected chi connectivity index (χ1v) is 3.92. The molecule has 0 bridgehead atoms. The average Bonchev–Trinajstić information content (AvgIpc) is 2.12. The van der Waals surface area contributed by atoms with Crippen LogP contribution in [0.25, 0.3) is 0 Å². The van der Waals surface area contributed by atoms with Crippen molar-refractivity contribution < 1.29 is 8.78 Å². The van der Waals surface area contributed by atoms with Crippen LogP contribution in [-0.4, -0.2) is 13.7 Å². The van der Waals surface area contributed by atoms with E-state index < -0.39 is 18.4 Å². The fourth-order valence-electron chi connectivity index (χ4n) is 0.664. The number of halogens is 2. The molecule has 0 heterocycles. The molecule has 1 atom stereocenters. The van der Waals surface area contributed by atoms with Gasteiger partial charge in [0.25, 0.3) is 0 Å². The predicted octanol–water partition coefficient (Wildman–Crippen LogP) is 2.57. The first-order chi connectivity index (χ1) is 5.65. The third-order valence-electron chi connectivity index (χ3n) is 1.60. The van der Waals surface area contributed by atoms with Crippen LogP contribution >= 0.6 is 0 Å². The summed E-state index contributed by atoms with van der Waals surface area (Å²) < 4.78 is 24.9. The summed E-state index contributed by atoms with van der Waals surface area (Å²) in [6.45, 7) is 2.63. The van der Waals surface area contributed by atoms with E-state index in [1.165, 1.54) is 13.0 Å². The molecule has 0 rings (SSSR count). The topological polar surface area (TPSA) is 12.0 Å². The second kappa shape index (κ2) is 5.75. The highest BCUT2D eigenvalue weighted by atomic mass is 19.1. The van der Waals surface area contributed by atoms with E-state index in [0.717, 1.165) is 0 Å². The molecule has 12 heavy (non-hydrogen) atoms. The molecule has 70 valence electrons. The van der Waals surface area contributed by atoms with E-state index in [1.807, 2.05) is 0 Å². The molecule has 0 saturated heterocycles. The van der Waals surface area contributed by atoms with Crippen LogP contribution in [0.1, 0.15) is 13.8 Å². The largest absolute Gasteiger partial charge is 0.388 e. The predicted molar refractivity (Wildman–Crippen MR) is 47.1 cm³/mol. The lowest BCUT2D eigenvalue weighted by atomic mass is 10.1. The highest BCUT2D eigenvalue weighted by molar-refractivity contribution is 5.19. The molecule has 1 nitrogen and oxygen atoms in total. The normalized spacial score (nSPS) is 16.1. The molecule has 0 radical (unpaired) electrons. The van der Waals surface area contributed by atoms with Gasteiger partial charge in [0.1, 0.15) is 5.83 Å². The maximum atomic E-state index is 13.0. The van der Waals surface area contributed by atoms with Crippen molar-refractivity contribution in [1.29, 1.82) is 0 Å². The molecule has 1 unspecified atom stereocenters. The van der Waals surface area contributed by atoms with Gasteiger partial charge in [-0.05, 0) is 13.0 Å². The first-order valence-electron chi connectivity index (χ1n) is 3.92. The fourth-order valence-corrected chi connectivity index (χ4v) is 0.664. The molecule has 0 aliphatic heterocycles. The Morgan fingerprint density at radius 1 is 1.58 bits per heavy atom. The van der Waals surface area contributed by atoms with Gasteiger partial charge in [0.2, 0.25) is 0 Å². The Kier molecular flexibility index (Phi) is 5.34. The highest BCUT2D eigenvalue weighted by Crippen LogP contribution is 2.13. The molecular formula is C9H15F2N. The van der Waals surface area contributed by atoms with Gasteiger partial charge in [-0.1, -0.05) is 13.0 Å². The molecule has 0 fully saturated rings. The summed E-state index contributed by atoms with van der Waals surface area (Å²) in [7, 11) is 1.69. The van der Waals surface area contributed by atoms with Crippen molar-refractivity contribution >= 4 is 0 Å². The first kappa shape index (κ1) is 11.1. The van der Waals surface area contributed by atoms with Crippen molar-refractivity contribution in [2.45, 2.75) is 13.8 Å². The molecule has 0 aliphatic carbocycles. The van der Waals surface area contributed by atoms with Crippen molar-refractivity contribution in [2.24, 2.45) is 5.92 Å². The maximum Gasteiger partial charge on any atom is 0.107 e. The number of alkyl halides is 1. The summed E-state index contributed by atoms with van der Waals surface area (Å²) >= 11 is 0. The molecule has 1 N–H and O–H groups in total. The Morgan fingerprint density at radius 2 is 2.17 bits per heavy atom. The molecule has 0 spiro atoms. The van der Waals surface area contributed by atoms with Crippen molar-refractivity contribution in [3.8, 4) is 0 Å². The van der Waals surface area contributed by atoms with Crippen LogP contribution < -0.4 is 5.32 Å². The monoisotopic (exact) mass is 175 g/mol. The summed E-state index contributed by atoms with van der Waals surface area (Å²) in [5, 5.41) is 2.78. The standard InChI is InChI=1S/C9H15F2N/c1-4-8(12-3)5-9(11)7(2)6-10/h4-5,7,12H,6H2,1-3H3/b8-4+,9-5+. The lowest BCUT2D eigenvalue weighted by Crippen LogP contribution is -2.05. The Hall–Kier alpha value is -0.860. The van der Waals surface area contributed by atoms with E-state index in [4.69, 9.17) is 0 Å². The summed E-state index contributed by atoms with van der Waals surface area (Å²) in [6, 6.07) is 0. The van der Waals surface area contributed by atoms with Gasteiger partial charge in [0, 0.05) is 18.7 Å². The van der Waals surface area contributed by atoms with E-state index in [-0.39, 0.29) is 0 Å². The van der Waals surface area contributed by atoms with Gasteiger partial charge in [-0.2, -0.15) is 0 Å². The van der Waals surface area contributed by atoms with Gasteiger partial charge < -0.3 is 5.32 Å². The van der Waals surface area contributed by atoms with Crippen LogP contribution in [0.2, 0.25) is 0 Å². The van der Waals surface area contributed by atoms with Gasteiger partial charge in [-0.15, -0.1) is 0 Å². The van der Waals surface area contributed by atoms with Crippen LogP contribution in [0.5, 0.6) is 0 Å². The molecule has 0 aromatic heterocycles. The van der Waals surface area contributed by atoms with Gasteiger partial charge in [-0.25, -0.2) is 4.39 Å². The second-order valence-electron chi connectivity index (χ2n) is 2.58. The number of allylic oxidation sites excluding steroid dienone is 3. The Bertz CT molecular complexity index is 185. The van der Waals surface area contributed by atoms with E-state index in [9.17, 15) is 8.78 Å². The third kappa shape index (κ3) is 3.51. The van der Waals surface area contributed by atoms with E-state index in [2.05, 4.69) is 5.32 Å². The summed E-state index contributed by atoms with van der Waals surface area (Å²) in [4.78, 5) is 0. The average molecular weight is 175 g/mol. The molecular weight excluding hydrogens is 160 g/mol. The minimum atomic E-state index is -0.664.